The van der Waals surface area contributed by atoms with Gasteiger partial charge in [-0.25, -0.2) is 4.98 Å². The van der Waals surface area contributed by atoms with Gasteiger partial charge in [-0.3, -0.25) is 0 Å². The molecule has 106 valence electrons. The number of benzene rings is 1. The van der Waals surface area contributed by atoms with E-state index in [2.05, 4.69) is 48.5 Å². The maximum atomic E-state index is 10.8. The Labute approximate surface area is 120 Å². The molecule has 0 spiro atoms. The predicted molar refractivity (Wildman–Crippen MR) is 79.8 cm³/mol. The third-order valence-corrected chi connectivity index (χ3v) is 4.38. The van der Waals surface area contributed by atoms with Crippen molar-refractivity contribution in [3.63, 3.8) is 0 Å². The van der Waals surface area contributed by atoms with Crippen LogP contribution in [0.3, 0.4) is 0 Å². The first-order valence-electron chi connectivity index (χ1n) is 7.39. The molecule has 0 radical (unpaired) electrons. The number of aromatic nitrogens is 2. The zero-order valence-electron chi connectivity index (χ0n) is 12.3. The Morgan fingerprint density at radius 2 is 1.95 bits per heavy atom. The van der Waals surface area contributed by atoms with Gasteiger partial charge >= 0.3 is 0 Å². The first kappa shape index (κ1) is 13.4. The molecule has 3 heteroatoms. The second-order valence-corrected chi connectivity index (χ2v) is 6.13. The van der Waals surface area contributed by atoms with Gasteiger partial charge in [-0.15, -0.1) is 0 Å². The number of aliphatic hydroxyl groups excluding tert-OH is 1. The van der Waals surface area contributed by atoms with Crippen molar-refractivity contribution >= 4 is 0 Å². The average molecular weight is 270 g/mol. The molecule has 3 nitrogen and oxygen atoms in total. The molecule has 0 saturated heterocycles. The molecular weight excluding hydrogens is 248 g/mol. The third-order valence-electron chi connectivity index (χ3n) is 4.38. The number of rotatable bonds is 2. The smallest absolute Gasteiger partial charge is 0.111 e. The summed E-state index contributed by atoms with van der Waals surface area (Å²) in [6.45, 7) is 6.53. The lowest BCUT2D eigenvalue weighted by molar-refractivity contribution is 0.0911. The molecule has 0 saturated carbocycles. The molecule has 1 aliphatic rings. The van der Waals surface area contributed by atoms with E-state index in [1.807, 2.05) is 18.5 Å². The Morgan fingerprint density at radius 3 is 2.65 bits per heavy atom. The van der Waals surface area contributed by atoms with Crippen molar-refractivity contribution in [2.24, 2.45) is 0 Å². The van der Waals surface area contributed by atoms with Crippen LogP contribution in [0.15, 0.2) is 36.7 Å². The molecule has 3 unspecified atom stereocenters. The molecule has 3 atom stereocenters. The summed E-state index contributed by atoms with van der Waals surface area (Å²) >= 11 is 0. The second-order valence-electron chi connectivity index (χ2n) is 6.13. The normalized spacial score (nSPS) is 25.8. The van der Waals surface area contributed by atoms with Gasteiger partial charge in [0.25, 0.3) is 0 Å². The molecule has 1 heterocycles. The lowest BCUT2D eigenvalue weighted by Crippen LogP contribution is -2.26. The van der Waals surface area contributed by atoms with Crippen LogP contribution in [-0.2, 0) is 0 Å². The molecule has 0 bridgehead atoms. The van der Waals surface area contributed by atoms with Gasteiger partial charge in [0.15, 0.2) is 0 Å². The van der Waals surface area contributed by atoms with Gasteiger partial charge < -0.3 is 9.67 Å². The zero-order chi connectivity index (χ0) is 14.3. The summed E-state index contributed by atoms with van der Waals surface area (Å²) in [5, 5.41) is 10.8. The number of imidazole rings is 1. The molecule has 0 fully saturated rings. The van der Waals surface area contributed by atoms with E-state index >= 15 is 0 Å². The summed E-state index contributed by atoms with van der Waals surface area (Å²) in [5.74, 6) is 1.88. The first-order chi connectivity index (χ1) is 9.59. The highest BCUT2D eigenvalue weighted by Gasteiger charge is 2.33. The van der Waals surface area contributed by atoms with Gasteiger partial charge in [0.2, 0.25) is 0 Å². The molecule has 1 aromatic carbocycles. The fourth-order valence-corrected chi connectivity index (χ4v) is 3.37. The van der Waals surface area contributed by atoms with E-state index in [1.165, 1.54) is 5.56 Å². The zero-order valence-corrected chi connectivity index (χ0v) is 12.3. The number of nitrogens with zero attached hydrogens (tertiary/aromatic N) is 2. The van der Waals surface area contributed by atoms with E-state index in [0.29, 0.717) is 11.8 Å². The molecule has 1 aliphatic carbocycles. The van der Waals surface area contributed by atoms with Crippen LogP contribution < -0.4 is 0 Å². The Hall–Kier alpha value is -1.61. The molecule has 0 aliphatic heterocycles. The highest BCUT2D eigenvalue weighted by Crippen LogP contribution is 2.44. The Bertz CT molecular complexity index is 603. The van der Waals surface area contributed by atoms with Crippen LogP contribution in [0.25, 0.3) is 0 Å². The van der Waals surface area contributed by atoms with Gasteiger partial charge in [0.05, 0.1) is 12.1 Å². The van der Waals surface area contributed by atoms with Crippen LogP contribution in [0.5, 0.6) is 0 Å². The van der Waals surface area contributed by atoms with Crippen LogP contribution in [0.4, 0.5) is 0 Å². The molecule has 2 aromatic rings. The lowest BCUT2D eigenvalue weighted by Gasteiger charge is -2.35. The van der Waals surface area contributed by atoms with Crippen molar-refractivity contribution in [3.8, 4) is 0 Å². The van der Waals surface area contributed by atoms with Crippen molar-refractivity contribution in [2.75, 3.05) is 0 Å². The van der Waals surface area contributed by atoms with Crippen LogP contribution in [0.2, 0.25) is 0 Å². The Morgan fingerprint density at radius 1 is 1.25 bits per heavy atom. The quantitative estimate of drug-likeness (QED) is 0.901. The highest BCUT2D eigenvalue weighted by molar-refractivity contribution is 5.35. The predicted octanol–water partition coefficient (Wildman–Crippen LogP) is 3.79. The molecule has 20 heavy (non-hydrogen) atoms. The van der Waals surface area contributed by atoms with Crippen LogP contribution in [0.1, 0.15) is 68.1 Å². The summed E-state index contributed by atoms with van der Waals surface area (Å²) in [7, 11) is 0. The van der Waals surface area contributed by atoms with Crippen molar-refractivity contribution < 1.29 is 5.11 Å². The van der Waals surface area contributed by atoms with E-state index < -0.39 is 6.10 Å². The summed E-state index contributed by atoms with van der Waals surface area (Å²) in [4.78, 5) is 4.46. The second kappa shape index (κ2) is 5.06. The fourth-order valence-electron chi connectivity index (χ4n) is 3.37. The maximum absolute atomic E-state index is 10.8. The summed E-state index contributed by atoms with van der Waals surface area (Å²) in [6, 6.07) is 8.33. The topological polar surface area (TPSA) is 38.0 Å². The summed E-state index contributed by atoms with van der Waals surface area (Å²) in [6.07, 6.45) is 4.35. The number of aliphatic hydroxyl groups is 1. The van der Waals surface area contributed by atoms with E-state index in [-0.39, 0.29) is 6.04 Å². The van der Waals surface area contributed by atoms with E-state index in [9.17, 15) is 5.11 Å². The van der Waals surface area contributed by atoms with Crippen molar-refractivity contribution in [1.29, 1.82) is 0 Å². The van der Waals surface area contributed by atoms with E-state index in [0.717, 1.165) is 17.8 Å². The number of hydrogen-bond acceptors (Lipinski definition) is 2. The summed E-state index contributed by atoms with van der Waals surface area (Å²) < 4.78 is 2.17. The van der Waals surface area contributed by atoms with Gasteiger partial charge in [0, 0.05) is 18.3 Å². The highest BCUT2D eigenvalue weighted by atomic mass is 16.3. The first-order valence-corrected chi connectivity index (χ1v) is 7.39. The van der Waals surface area contributed by atoms with E-state index in [1.54, 1.807) is 0 Å². The molecular formula is C17H22N2O. The van der Waals surface area contributed by atoms with Crippen molar-refractivity contribution in [1.82, 2.24) is 9.55 Å². The lowest BCUT2D eigenvalue weighted by atomic mass is 9.79. The minimum absolute atomic E-state index is 0.0831. The summed E-state index contributed by atoms with van der Waals surface area (Å²) in [5.41, 5.74) is 2.35. The fraction of sp³-hybridized carbons (Fsp3) is 0.471. The van der Waals surface area contributed by atoms with E-state index in [4.69, 9.17) is 0 Å². The van der Waals surface area contributed by atoms with Crippen LogP contribution >= 0.6 is 0 Å². The molecule has 3 rings (SSSR count). The SMILES string of the molecule is CC(C)c1nccn1C1CC(C)c2ccccc2C1O. The van der Waals surface area contributed by atoms with Gasteiger partial charge in [-0.05, 0) is 23.5 Å². The number of fused-ring (bicyclic) bond motifs is 1. The average Bonchev–Trinajstić information content (AvgIpc) is 2.92. The third kappa shape index (κ3) is 2.06. The molecule has 0 amide bonds. The van der Waals surface area contributed by atoms with Gasteiger partial charge in [0.1, 0.15) is 5.82 Å². The maximum Gasteiger partial charge on any atom is 0.111 e. The molecule has 1 aromatic heterocycles. The van der Waals surface area contributed by atoms with Crippen LogP contribution in [0, 0.1) is 0 Å². The minimum atomic E-state index is -0.450. The number of hydrogen-bond donors (Lipinski definition) is 1. The van der Waals surface area contributed by atoms with Crippen molar-refractivity contribution in [2.45, 2.75) is 51.2 Å². The standard InChI is InChI=1S/C17H22N2O/c1-11(2)17-18-8-9-19(17)15-10-12(3)13-6-4-5-7-14(13)16(15)20/h4-9,11-12,15-16,20H,10H2,1-3H3. The minimum Gasteiger partial charge on any atom is -0.386 e. The van der Waals surface area contributed by atoms with Gasteiger partial charge in [-0.1, -0.05) is 45.0 Å². The van der Waals surface area contributed by atoms with Gasteiger partial charge in [-0.2, -0.15) is 0 Å². The molecule has 1 N–H and O–H groups in total. The Kier molecular flexibility index (Phi) is 3.38. The van der Waals surface area contributed by atoms with Crippen LogP contribution in [-0.4, -0.2) is 14.7 Å². The monoisotopic (exact) mass is 270 g/mol. The Balaban J connectivity index is 2.03. The van der Waals surface area contributed by atoms with Crippen molar-refractivity contribution in [3.05, 3.63) is 53.6 Å². The largest absolute Gasteiger partial charge is 0.386 e.